The zero-order valence-electron chi connectivity index (χ0n) is 17.4. The fourth-order valence-electron chi connectivity index (χ4n) is 3.60. The summed E-state index contributed by atoms with van der Waals surface area (Å²) in [6.07, 6.45) is 2.85. The van der Waals surface area contributed by atoms with Gasteiger partial charge in [-0.1, -0.05) is 18.2 Å². The Morgan fingerprint density at radius 1 is 1.09 bits per heavy atom. The first-order valence-corrected chi connectivity index (χ1v) is 11.7. The lowest BCUT2D eigenvalue weighted by Gasteiger charge is -2.12. The van der Waals surface area contributed by atoms with E-state index in [-0.39, 0.29) is 0 Å². The minimum Gasteiger partial charge on any atom is -0.406 e. The summed E-state index contributed by atoms with van der Waals surface area (Å²) < 4.78 is 31.6. The van der Waals surface area contributed by atoms with Gasteiger partial charge in [0.2, 0.25) is 16.0 Å². The molecule has 0 unspecified atom stereocenters. The average Bonchev–Trinajstić information content (AvgIpc) is 3.31. The first-order valence-electron chi connectivity index (χ1n) is 9.83. The number of sulfonamides is 1. The summed E-state index contributed by atoms with van der Waals surface area (Å²) in [6, 6.07) is 12.7. The second kappa shape index (κ2) is 7.46. The third-order valence-electron chi connectivity index (χ3n) is 5.30. The van der Waals surface area contributed by atoms with Crippen LogP contribution >= 0.6 is 0 Å². The van der Waals surface area contributed by atoms with Crippen molar-refractivity contribution in [3.8, 4) is 0 Å². The predicted molar refractivity (Wildman–Crippen MR) is 120 cm³/mol. The van der Waals surface area contributed by atoms with Gasteiger partial charge >= 0.3 is 5.76 Å². The number of aryl methyl sites for hydroxylation is 1. The van der Waals surface area contributed by atoms with Gasteiger partial charge < -0.3 is 9.73 Å². The van der Waals surface area contributed by atoms with Crippen molar-refractivity contribution in [2.75, 3.05) is 17.0 Å². The molecule has 11 heteroatoms. The van der Waals surface area contributed by atoms with Crippen molar-refractivity contribution in [3.05, 3.63) is 75.9 Å². The van der Waals surface area contributed by atoms with E-state index in [1.807, 2.05) is 31.2 Å². The number of hydrogen-bond acceptors (Lipinski definition) is 8. The van der Waals surface area contributed by atoms with Crippen LogP contribution in [0.2, 0.25) is 0 Å². The normalized spacial score (nSPS) is 13.9. The molecule has 32 heavy (non-hydrogen) atoms. The number of aromatic nitrogens is 3. The van der Waals surface area contributed by atoms with Crippen LogP contribution in [0.25, 0.3) is 11.1 Å². The summed E-state index contributed by atoms with van der Waals surface area (Å²) >= 11 is 0. The molecule has 0 bridgehead atoms. The number of nitrogens with one attached hydrogen (secondary N) is 2. The van der Waals surface area contributed by atoms with E-state index in [0.717, 1.165) is 22.4 Å². The molecule has 5 rings (SSSR count). The molecule has 0 saturated carbocycles. The van der Waals surface area contributed by atoms with Crippen molar-refractivity contribution in [1.29, 1.82) is 0 Å². The lowest BCUT2D eigenvalue weighted by atomic mass is 10.1. The number of oxazole rings is 1. The minimum atomic E-state index is -3.25. The molecule has 0 atom stereocenters. The molecule has 0 fully saturated rings. The Labute approximate surface area is 183 Å². The predicted octanol–water partition coefficient (Wildman–Crippen LogP) is 2.59. The molecule has 4 aromatic rings. The van der Waals surface area contributed by atoms with Crippen LogP contribution in [0.5, 0.6) is 0 Å². The molecule has 2 aromatic carbocycles. The quantitative estimate of drug-likeness (QED) is 0.474. The molecule has 10 nitrogen and oxygen atoms in total. The van der Waals surface area contributed by atoms with Crippen molar-refractivity contribution in [2.45, 2.75) is 20.0 Å². The zero-order chi connectivity index (χ0) is 22.5. The summed E-state index contributed by atoms with van der Waals surface area (Å²) in [7, 11) is -3.25. The highest BCUT2D eigenvalue weighted by atomic mass is 32.2. The maximum absolute atomic E-state index is 12.3. The topological polar surface area (TPSA) is 122 Å². The van der Waals surface area contributed by atoms with Crippen molar-refractivity contribution in [3.63, 3.8) is 0 Å². The summed E-state index contributed by atoms with van der Waals surface area (Å²) in [4.78, 5) is 21.1. The van der Waals surface area contributed by atoms with E-state index in [1.165, 1.54) is 15.2 Å². The zero-order valence-corrected chi connectivity index (χ0v) is 18.2. The molecule has 2 aromatic heterocycles. The fourth-order valence-corrected chi connectivity index (χ4v) is 4.35. The molecule has 1 aliphatic rings. The van der Waals surface area contributed by atoms with Gasteiger partial charge in [0, 0.05) is 30.5 Å². The van der Waals surface area contributed by atoms with Gasteiger partial charge in [0.25, 0.3) is 0 Å². The van der Waals surface area contributed by atoms with Crippen molar-refractivity contribution in [2.24, 2.45) is 0 Å². The Morgan fingerprint density at radius 2 is 1.88 bits per heavy atom. The van der Waals surface area contributed by atoms with E-state index in [2.05, 4.69) is 20.7 Å². The lowest BCUT2D eigenvalue weighted by molar-refractivity contribution is 0.436. The number of benzene rings is 2. The number of anilines is 3. The lowest BCUT2D eigenvalue weighted by Crippen LogP contribution is -2.23. The maximum Gasteiger partial charge on any atom is 0.439 e. The first-order chi connectivity index (χ1) is 15.3. The van der Waals surface area contributed by atoms with E-state index < -0.39 is 15.8 Å². The highest BCUT2D eigenvalue weighted by Gasteiger charge is 2.26. The third kappa shape index (κ3) is 3.72. The standard InChI is InChI=1S/C21H20N6O4S/c1-13-10-22-20(23-16-8-7-14-11-26(32(2,29)30)12-15(14)9-16)24-19(13)25-27-17-5-3-4-6-18(17)31-21(27)28/h3-10H,11-12H2,1-2H3,(H2,22,23,24,25). The second-order valence-corrected chi connectivity index (χ2v) is 9.63. The van der Waals surface area contributed by atoms with Crippen LogP contribution in [-0.4, -0.2) is 33.6 Å². The van der Waals surface area contributed by atoms with Gasteiger partial charge in [0.15, 0.2) is 11.4 Å². The van der Waals surface area contributed by atoms with Gasteiger partial charge in [0.1, 0.15) is 5.52 Å². The highest BCUT2D eigenvalue weighted by molar-refractivity contribution is 7.88. The Kier molecular flexibility index (Phi) is 4.72. The monoisotopic (exact) mass is 452 g/mol. The van der Waals surface area contributed by atoms with Crippen molar-refractivity contribution in [1.82, 2.24) is 18.9 Å². The molecule has 1 aliphatic heterocycles. The van der Waals surface area contributed by atoms with Crippen molar-refractivity contribution < 1.29 is 12.8 Å². The SMILES string of the molecule is Cc1cnc(Nc2ccc3c(c2)CN(S(C)(=O)=O)C3)nc1Nn1c(=O)oc2ccccc21. The number of hydrogen-bond donors (Lipinski definition) is 2. The van der Waals surface area contributed by atoms with Gasteiger partial charge in [0.05, 0.1) is 6.26 Å². The Bertz CT molecular complexity index is 1510. The van der Waals surface area contributed by atoms with E-state index in [1.54, 1.807) is 24.4 Å². The Hall–Kier alpha value is -3.70. The second-order valence-electron chi connectivity index (χ2n) is 7.65. The van der Waals surface area contributed by atoms with Crippen molar-refractivity contribution >= 4 is 38.6 Å². The van der Waals surface area contributed by atoms with Crippen LogP contribution < -0.4 is 16.5 Å². The van der Waals surface area contributed by atoms with Gasteiger partial charge in [-0.05, 0) is 42.3 Å². The molecular weight excluding hydrogens is 432 g/mol. The number of nitrogens with zero attached hydrogens (tertiary/aromatic N) is 4. The van der Waals surface area contributed by atoms with E-state index in [0.29, 0.717) is 36.0 Å². The Morgan fingerprint density at radius 3 is 2.69 bits per heavy atom. The number of fused-ring (bicyclic) bond motifs is 2. The molecule has 0 aliphatic carbocycles. The van der Waals surface area contributed by atoms with Crippen LogP contribution in [0, 0.1) is 6.92 Å². The summed E-state index contributed by atoms with van der Waals surface area (Å²) in [5.41, 5.74) is 7.45. The van der Waals surface area contributed by atoms with E-state index in [4.69, 9.17) is 4.42 Å². The van der Waals surface area contributed by atoms with E-state index >= 15 is 0 Å². The number of para-hydroxylation sites is 2. The maximum atomic E-state index is 12.3. The third-order valence-corrected chi connectivity index (χ3v) is 6.50. The molecule has 164 valence electrons. The summed E-state index contributed by atoms with van der Waals surface area (Å²) in [5, 5.41) is 3.15. The number of rotatable bonds is 5. The molecule has 0 saturated heterocycles. The molecule has 2 N–H and O–H groups in total. The largest absolute Gasteiger partial charge is 0.439 e. The van der Waals surface area contributed by atoms with Crippen LogP contribution in [0.1, 0.15) is 16.7 Å². The smallest absolute Gasteiger partial charge is 0.406 e. The van der Waals surface area contributed by atoms with Crippen LogP contribution in [0.4, 0.5) is 17.5 Å². The molecular formula is C21H20N6O4S. The van der Waals surface area contributed by atoms with Gasteiger partial charge in [-0.25, -0.2) is 18.2 Å². The van der Waals surface area contributed by atoms with Gasteiger partial charge in [-0.15, -0.1) is 0 Å². The average molecular weight is 452 g/mol. The minimum absolute atomic E-state index is 0.330. The summed E-state index contributed by atoms with van der Waals surface area (Å²) in [6.45, 7) is 2.53. The van der Waals surface area contributed by atoms with Gasteiger partial charge in [-0.3, -0.25) is 5.43 Å². The molecule has 3 heterocycles. The highest BCUT2D eigenvalue weighted by Crippen LogP contribution is 2.28. The van der Waals surface area contributed by atoms with Gasteiger partial charge in [-0.2, -0.15) is 14.0 Å². The van der Waals surface area contributed by atoms with E-state index in [9.17, 15) is 13.2 Å². The fraction of sp³-hybridized carbons (Fsp3) is 0.190. The molecule has 0 radical (unpaired) electrons. The van der Waals surface area contributed by atoms with Crippen LogP contribution in [0.15, 0.2) is 57.9 Å². The van der Waals surface area contributed by atoms with Crippen LogP contribution in [0.3, 0.4) is 0 Å². The summed E-state index contributed by atoms with van der Waals surface area (Å²) in [5.74, 6) is 0.227. The molecule has 0 amide bonds. The Balaban J connectivity index is 1.41. The molecule has 0 spiro atoms. The van der Waals surface area contributed by atoms with Crippen LogP contribution in [-0.2, 0) is 23.1 Å². The first kappa shape index (κ1) is 20.2.